The van der Waals surface area contributed by atoms with Gasteiger partial charge < -0.3 is 14.8 Å². The molecule has 1 N–H and O–H groups in total. The highest BCUT2D eigenvalue weighted by Gasteiger charge is 2.18. The minimum Gasteiger partial charge on any atom is -0.481 e. The van der Waals surface area contributed by atoms with Crippen LogP contribution in [0.2, 0.25) is 0 Å². The normalized spacial score (nSPS) is 11.3. The maximum absolute atomic E-state index is 12.8. The SMILES string of the molecule is C[C@H](OC(=O)COc1ccccc1C=O)C(=O)Nc1ccc(F)cc1. The summed E-state index contributed by atoms with van der Waals surface area (Å²) in [6, 6.07) is 11.6. The Kier molecular flexibility index (Phi) is 6.22. The maximum Gasteiger partial charge on any atom is 0.344 e. The summed E-state index contributed by atoms with van der Waals surface area (Å²) < 4.78 is 23.0. The number of hydrogen-bond donors (Lipinski definition) is 1. The first-order chi connectivity index (χ1) is 12.0. The van der Waals surface area contributed by atoms with Crippen molar-refractivity contribution in [2.75, 3.05) is 11.9 Å². The van der Waals surface area contributed by atoms with Crippen molar-refractivity contribution in [1.29, 1.82) is 0 Å². The van der Waals surface area contributed by atoms with E-state index in [9.17, 15) is 18.8 Å². The Labute approximate surface area is 143 Å². The van der Waals surface area contributed by atoms with Crippen molar-refractivity contribution in [3.63, 3.8) is 0 Å². The molecular weight excluding hydrogens is 329 g/mol. The highest BCUT2D eigenvalue weighted by molar-refractivity contribution is 5.95. The van der Waals surface area contributed by atoms with Crippen LogP contribution in [0.5, 0.6) is 5.75 Å². The maximum atomic E-state index is 12.8. The zero-order valence-electron chi connectivity index (χ0n) is 13.4. The van der Waals surface area contributed by atoms with E-state index in [0.717, 1.165) is 0 Å². The molecule has 0 bridgehead atoms. The first kappa shape index (κ1) is 18.1. The van der Waals surface area contributed by atoms with Crippen molar-refractivity contribution in [3.05, 3.63) is 59.9 Å². The van der Waals surface area contributed by atoms with Gasteiger partial charge in [0.15, 0.2) is 19.0 Å². The van der Waals surface area contributed by atoms with Crippen molar-refractivity contribution in [1.82, 2.24) is 0 Å². The molecule has 0 heterocycles. The van der Waals surface area contributed by atoms with Crippen molar-refractivity contribution < 1.29 is 28.2 Å². The average molecular weight is 345 g/mol. The number of amides is 1. The lowest BCUT2D eigenvalue weighted by Gasteiger charge is -2.14. The van der Waals surface area contributed by atoms with Crippen LogP contribution in [0, 0.1) is 5.82 Å². The van der Waals surface area contributed by atoms with E-state index in [1.807, 2.05) is 0 Å². The fraction of sp³-hybridized carbons (Fsp3) is 0.167. The number of anilines is 1. The standard InChI is InChI=1S/C18H16FNO5/c1-12(18(23)20-15-8-6-14(19)7-9-15)25-17(22)11-24-16-5-3-2-4-13(16)10-21/h2-10,12H,11H2,1H3,(H,20,23)/t12-/m0/s1. The number of hydrogen-bond acceptors (Lipinski definition) is 5. The molecule has 0 aliphatic carbocycles. The molecule has 130 valence electrons. The van der Waals surface area contributed by atoms with Crippen molar-refractivity contribution >= 4 is 23.9 Å². The number of ether oxygens (including phenoxy) is 2. The summed E-state index contributed by atoms with van der Waals surface area (Å²) in [5, 5.41) is 2.50. The largest absolute Gasteiger partial charge is 0.481 e. The second-order valence-electron chi connectivity index (χ2n) is 5.07. The van der Waals surface area contributed by atoms with Crippen LogP contribution in [-0.2, 0) is 14.3 Å². The van der Waals surface area contributed by atoms with Crippen LogP contribution >= 0.6 is 0 Å². The topological polar surface area (TPSA) is 81.7 Å². The number of carbonyl (C=O) groups is 3. The van der Waals surface area contributed by atoms with Crippen LogP contribution in [0.15, 0.2) is 48.5 Å². The molecule has 0 radical (unpaired) electrons. The van der Waals surface area contributed by atoms with Gasteiger partial charge in [0.2, 0.25) is 0 Å². The predicted molar refractivity (Wildman–Crippen MR) is 87.9 cm³/mol. The van der Waals surface area contributed by atoms with Gasteiger partial charge in [-0.1, -0.05) is 12.1 Å². The second kappa shape index (κ2) is 8.58. The quantitative estimate of drug-likeness (QED) is 0.616. The Morgan fingerprint density at radius 3 is 2.52 bits per heavy atom. The van der Waals surface area contributed by atoms with Crippen LogP contribution < -0.4 is 10.1 Å². The van der Waals surface area contributed by atoms with Crippen LogP contribution in [0.1, 0.15) is 17.3 Å². The van der Waals surface area contributed by atoms with Crippen LogP contribution in [0.3, 0.4) is 0 Å². The molecule has 2 rings (SSSR count). The van der Waals surface area contributed by atoms with E-state index in [4.69, 9.17) is 9.47 Å². The summed E-state index contributed by atoms with van der Waals surface area (Å²) in [4.78, 5) is 34.6. The molecule has 0 aliphatic rings. The summed E-state index contributed by atoms with van der Waals surface area (Å²) in [5.41, 5.74) is 0.683. The van der Waals surface area contributed by atoms with E-state index >= 15 is 0 Å². The van der Waals surface area contributed by atoms with Gasteiger partial charge in [-0.15, -0.1) is 0 Å². The monoisotopic (exact) mass is 345 g/mol. The number of nitrogens with one attached hydrogen (secondary N) is 1. The molecule has 2 aromatic carbocycles. The number of para-hydroxylation sites is 1. The molecule has 25 heavy (non-hydrogen) atoms. The van der Waals surface area contributed by atoms with E-state index in [0.29, 0.717) is 17.5 Å². The van der Waals surface area contributed by atoms with Crippen molar-refractivity contribution in [2.45, 2.75) is 13.0 Å². The van der Waals surface area contributed by atoms with Gasteiger partial charge >= 0.3 is 5.97 Å². The molecular formula is C18H16FNO5. The predicted octanol–water partition coefficient (Wildman–Crippen LogP) is 2.59. The van der Waals surface area contributed by atoms with E-state index in [1.165, 1.54) is 31.2 Å². The second-order valence-corrected chi connectivity index (χ2v) is 5.07. The molecule has 0 aliphatic heterocycles. The molecule has 0 unspecified atom stereocenters. The molecule has 0 spiro atoms. The molecule has 0 aromatic heterocycles. The molecule has 1 amide bonds. The average Bonchev–Trinajstić information content (AvgIpc) is 2.62. The van der Waals surface area contributed by atoms with Gasteiger partial charge in [-0.25, -0.2) is 9.18 Å². The minimum absolute atomic E-state index is 0.248. The van der Waals surface area contributed by atoms with E-state index in [1.54, 1.807) is 24.3 Å². The molecule has 1 atom stereocenters. The molecule has 0 fully saturated rings. The number of halogens is 1. The molecule has 0 saturated carbocycles. The summed E-state index contributed by atoms with van der Waals surface area (Å²) in [5.74, 6) is -1.50. The molecule has 6 nitrogen and oxygen atoms in total. The van der Waals surface area contributed by atoms with Gasteiger partial charge in [0.1, 0.15) is 11.6 Å². The van der Waals surface area contributed by atoms with Crippen LogP contribution in [0.25, 0.3) is 0 Å². The summed E-state index contributed by atoms with van der Waals surface area (Å²) >= 11 is 0. The number of rotatable bonds is 7. The summed E-state index contributed by atoms with van der Waals surface area (Å²) in [7, 11) is 0. The Morgan fingerprint density at radius 2 is 1.84 bits per heavy atom. The first-order valence-corrected chi connectivity index (χ1v) is 7.42. The zero-order valence-corrected chi connectivity index (χ0v) is 13.4. The third kappa shape index (κ3) is 5.42. The minimum atomic E-state index is -1.07. The molecule has 2 aromatic rings. The Hall–Kier alpha value is -3.22. The van der Waals surface area contributed by atoms with Crippen molar-refractivity contribution in [3.8, 4) is 5.75 Å². The lowest BCUT2D eigenvalue weighted by Crippen LogP contribution is -2.31. The number of benzene rings is 2. The van der Waals surface area contributed by atoms with E-state index < -0.39 is 30.4 Å². The molecule has 0 saturated heterocycles. The first-order valence-electron chi connectivity index (χ1n) is 7.42. The number of carbonyl (C=O) groups excluding carboxylic acids is 3. The fourth-order valence-electron chi connectivity index (χ4n) is 1.91. The molecule has 7 heteroatoms. The Morgan fingerprint density at radius 1 is 1.16 bits per heavy atom. The zero-order chi connectivity index (χ0) is 18.2. The third-order valence-corrected chi connectivity index (χ3v) is 3.18. The van der Waals surface area contributed by atoms with Gasteiger partial charge in [-0.3, -0.25) is 9.59 Å². The summed E-state index contributed by atoms with van der Waals surface area (Å²) in [6.07, 6.45) is -0.457. The van der Waals surface area contributed by atoms with E-state index in [-0.39, 0.29) is 5.75 Å². The number of esters is 1. The highest BCUT2D eigenvalue weighted by Crippen LogP contribution is 2.15. The fourth-order valence-corrected chi connectivity index (χ4v) is 1.91. The highest BCUT2D eigenvalue weighted by atomic mass is 19.1. The lowest BCUT2D eigenvalue weighted by atomic mass is 10.2. The van der Waals surface area contributed by atoms with Gasteiger partial charge in [0.25, 0.3) is 5.91 Å². The summed E-state index contributed by atoms with van der Waals surface area (Å²) in [6.45, 7) is 0.954. The van der Waals surface area contributed by atoms with Gasteiger partial charge in [-0.05, 0) is 43.3 Å². The lowest BCUT2D eigenvalue weighted by molar-refractivity contribution is -0.155. The smallest absolute Gasteiger partial charge is 0.344 e. The van der Waals surface area contributed by atoms with Crippen molar-refractivity contribution in [2.24, 2.45) is 0 Å². The van der Waals surface area contributed by atoms with Crippen LogP contribution in [-0.4, -0.2) is 30.9 Å². The Balaban J connectivity index is 1.83. The van der Waals surface area contributed by atoms with Crippen LogP contribution in [0.4, 0.5) is 10.1 Å². The number of aldehydes is 1. The van der Waals surface area contributed by atoms with E-state index in [2.05, 4.69) is 5.32 Å². The van der Waals surface area contributed by atoms with Gasteiger partial charge in [-0.2, -0.15) is 0 Å². The van der Waals surface area contributed by atoms with Gasteiger partial charge in [0.05, 0.1) is 5.56 Å². The van der Waals surface area contributed by atoms with Gasteiger partial charge in [0, 0.05) is 5.69 Å². The Bertz CT molecular complexity index is 760. The third-order valence-electron chi connectivity index (χ3n) is 3.18.